The van der Waals surface area contributed by atoms with Crippen molar-refractivity contribution in [1.29, 1.82) is 0 Å². The van der Waals surface area contributed by atoms with Gasteiger partial charge in [-0.25, -0.2) is 0 Å². The van der Waals surface area contributed by atoms with Crippen molar-refractivity contribution in [2.45, 2.75) is 130 Å². The van der Waals surface area contributed by atoms with Crippen LogP contribution < -0.4 is 0 Å². The van der Waals surface area contributed by atoms with Crippen LogP contribution in [0, 0.1) is 34.5 Å². The number of aliphatic hydroxyl groups excluding tert-OH is 1. The second kappa shape index (κ2) is 8.08. The number of esters is 1. The van der Waals surface area contributed by atoms with Crippen molar-refractivity contribution in [1.82, 2.24) is 0 Å². The van der Waals surface area contributed by atoms with Gasteiger partial charge in [-0.15, -0.1) is 0 Å². The number of rotatable bonds is 6. The molecule has 0 radical (unpaired) electrons. The molecule has 186 valence electrons. The Morgan fingerprint density at radius 2 is 1.94 bits per heavy atom. The summed E-state index contributed by atoms with van der Waals surface area (Å²) in [5.74, 6) is 2.32. The highest BCUT2D eigenvalue weighted by Gasteiger charge is 2.77. The molecule has 1 N–H and O–H groups in total. The largest absolute Gasteiger partial charge is 0.463 e. The molecule has 4 fully saturated rings. The summed E-state index contributed by atoms with van der Waals surface area (Å²) >= 11 is 0. The Morgan fingerprint density at radius 3 is 2.64 bits per heavy atom. The van der Waals surface area contributed by atoms with Crippen molar-refractivity contribution >= 4 is 5.97 Å². The summed E-state index contributed by atoms with van der Waals surface area (Å²) in [4.78, 5) is 11.6. The van der Waals surface area contributed by atoms with Gasteiger partial charge in [0.05, 0.1) is 12.2 Å². The normalized spacial score (nSPS) is 46.8. The summed E-state index contributed by atoms with van der Waals surface area (Å²) in [5.41, 5.74) is 2.86. The Labute approximate surface area is 200 Å². The van der Waals surface area contributed by atoms with Crippen LogP contribution in [0.5, 0.6) is 0 Å². The molecule has 1 aliphatic heterocycles. The van der Waals surface area contributed by atoms with E-state index >= 15 is 0 Å². The topological polar surface area (TPSA) is 59.1 Å². The van der Waals surface area contributed by atoms with Gasteiger partial charge in [0.15, 0.2) is 0 Å². The highest BCUT2D eigenvalue weighted by molar-refractivity contribution is 5.66. The van der Waals surface area contributed by atoms with Crippen LogP contribution in [0.25, 0.3) is 0 Å². The maximum absolute atomic E-state index is 11.6. The van der Waals surface area contributed by atoms with Crippen molar-refractivity contribution in [3.05, 3.63) is 11.1 Å². The molecule has 0 aromatic heterocycles. The SMILES string of the molecule is CC(=O)O[C@H]1CC[C@@]2(C)C(CCC3=C4[C@@H](O)C[C@H]([C@H](C)CCCC(C)C)[C@@]4(C)C[C@H]4O[C@@]342)C1. The number of carbonyl (C=O) groups excluding carboxylic acids is 1. The third kappa shape index (κ3) is 3.48. The molecule has 0 aromatic carbocycles. The molecule has 0 aromatic rings. The number of aliphatic hydroxyl groups is 1. The Morgan fingerprint density at radius 1 is 1.18 bits per heavy atom. The number of fused-ring (bicyclic) bond motifs is 2. The van der Waals surface area contributed by atoms with Crippen LogP contribution in [0.3, 0.4) is 0 Å². The quantitative estimate of drug-likeness (QED) is 0.292. The molecule has 4 nitrogen and oxygen atoms in total. The summed E-state index contributed by atoms with van der Waals surface area (Å²) in [6.07, 6.45) is 11.0. The standard InChI is InChI=1S/C29H46O4/c1-17(2)8-7-9-18(3)23-15-24(31)26-22-11-10-20-14-21(32-19(4)30)12-13-28(20,6)29(22)25(33-29)16-27(23,26)5/h17-18,20-21,23-25,31H,7-16H2,1-6H3/t18-,20?,21+,23-,24+,25-,27-,28+,29+/m1/s1. The van der Waals surface area contributed by atoms with E-state index in [4.69, 9.17) is 9.47 Å². The maximum atomic E-state index is 11.6. The van der Waals surface area contributed by atoms with Crippen molar-refractivity contribution in [3.8, 4) is 0 Å². The Balaban J connectivity index is 1.41. The van der Waals surface area contributed by atoms with Crippen LogP contribution in [-0.2, 0) is 14.3 Å². The summed E-state index contributed by atoms with van der Waals surface area (Å²) in [6, 6.07) is 0. The lowest BCUT2D eigenvalue weighted by Crippen LogP contribution is -2.55. The van der Waals surface area contributed by atoms with E-state index in [1.54, 1.807) is 0 Å². The number of epoxide rings is 1. The zero-order chi connectivity index (χ0) is 23.8. The minimum Gasteiger partial charge on any atom is -0.463 e. The molecule has 1 unspecified atom stereocenters. The fourth-order valence-electron chi connectivity index (χ4n) is 9.26. The predicted molar refractivity (Wildman–Crippen MR) is 130 cm³/mol. The molecule has 5 rings (SSSR count). The lowest BCUT2D eigenvalue weighted by Gasteiger charge is -2.55. The van der Waals surface area contributed by atoms with Crippen molar-refractivity contribution in [3.63, 3.8) is 0 Å². The average Bonchev–Trinajstić information content (AvgIpc) is 3.38. The predicted octanol–water partition coefficient (Wildman–Crippen LogP) is 6.21. The van der Waals surface area contributed by atoms with E-state index < -0.39 is 0 Å². The van der Waals surface area contributed by atoms with E-state index in [-0.39, 0.29) is 34.6 Å². The molecule has 4 heteroatoms. The number of carbonyl (C=O) groups is 1. The van der Waals surface area contributed by atoms with Crippen LogP contribution >= 0.6 is 0 Å². The number of ether oxygens (including phenoxy) is 2. The Bertz CT molecular complexity index is 831. The van der Waals surface area contributed by atoms with Gasteiger partial charge >= 0.3 is 5.97 Å². The molecule has 3 saturated carbocycles. The van der Waals surface area contributed by atoms with Crippen molar-refractivity contribution in [2.75, 3.05) is 0 Å². The smallest absolute Gasteiger partial charge is 0.302 e. The van der Waals surface area contributed by atoms with E-state index in [2.05, 4.69) is 34.6 Å². The lowest BCUT2D eigenvalue weighted by atomic mass is 9.48. The van der Waals surface area contributed by atoms with Crippen LogP contribution in [0.2, 0.25) is 0 Å². The number of hydrogen-bond donors (Lipinski definition) is 1. The van der Waals surface area contributed by atoms with Gasteiger partial charge < -0.3 is 14.6 Å². The van der Waals surface area contributed by atoms with Crippen molar-refractivity contribution in [2.24, 2.45) is 34.5 Å². The molecule has 1 spiro atoms. The zero-order valence-electron chi connectivity index (χ0n) is 21.8. The first-order valence-electron chi connectivity index (χ1n) is 13.8. The Kier molecular flexibility index (Phi) is 5.84. The van der Waals surface area contributed by atoms with Crippen LogP contribution in [0.4, 0.5) is 0 Å². The second-order valence-corrected chi connectivity index (χ2v) is 13.2. The molecule has 0 amide bonds. The summed E-state index contributed by atoms with van der Waals surface area (Å²) in [7, 11) is 0. The molecule has 33 heavy (non-hydrogen) atoms. The highest BCUT2D eigenvalue weighted by atomic mass is 16.6. The minimum absolute atomic E-state index is 0.0605. The van der Waals surface area contributed by atoms with Gasteiger partial charge in [0.25, 0.3) is 0 Å². The molecular formula is C29H46O4. The van der Waals surface area contributed by atoms with Gasteiger partial charge in [-0.05, 0) is 85.2 Å². The minimum atomic E-state index is -0.304. The van der Waals surface area contributed by atoms with Gasteiger partial charge in [0.1, 0.15) is 11.7 Å². The van der Waals surface area contributed by atoms with E-state index in [1.807, 2.05) is 0 Å². The van der Waals surface area contributed by atoms with E-state index in [1.165, 1.54) is 37.3 Å². The van der Waals surface area contributed by atoms with E-state index in [0.717, 1.165) is 50.9 Å². The summed E-state index contributed by atoms with van der Waals surface area (Å²) in [6.45, 7) is 13.5. The first-order valence-corrected chi connectivity index (χ1v) is 13.8. The third-order valence-corrected chi connectivity index (χ3v) is 10.8. The van der Waals surface area contributed by atoms with Crippen LogP contribution in [0.15, 0.2) is 11.1 Å². The van der Waals surface area contributed by atoms with Crippen LogP contribution in [-0.4, -0.2) is 35.0 Å². The summed E-state index contributed by atoms with van der Waals surface area (Å²) in [5, 5.41) is 11.4. The van der Waals surface area contributed by atoms with Gasteiger partial charge in [-0.3, -0.25) is 4.79 Å². The molecule has 1 saturated heterocycles. The number of hydrogen-bond acceptors (Lipinski definition) is 4. The highest BCUT2D eigenvalue weighted by Crippen LogP contribution is 2.74. The maximum Gasteiger partial charge on any atom is 0.302 e. The average molecular weight is 459 g/mol. The van der Waals surface area contributed by atoms with Gasteiger partial charge in [-0.1, -0.05) is 53.9 Å². The molecular weight excluding hydrogens is 412 g/mol. The molecule has 1 heterocycles. The van der Waals surface area contributed by atoms with Gasteiger partial charge in [0.2, 0.25) is 0 Å². The molecule has 9 atom stereocenters. The molecule has 4 aliphatic carbocycles. The van der Waals surface area contributed by atoms with E-state index in [9.17, 15) is 9.90 Å². The lowest BCUT2D eigenvalue weighted by molar-refractivity contribution is -0.152. The zero-order valence-corrected chi connectivity index (χ0v) is 21.8. The van der Waals surface area contributed by atoms with Gasteiger partial charge in [0, 0.05) is 12.3 Å². The van der Waals surface area contributed by atoms with Crippen LogP contribution in [0.1, 0.15) is 106 Å². The first kappa shape index (κ1) is 23.9. The molecule has 0 bridgehead atoms. The summed E-state index contributed by atoms with van der Waals surface area (Å²) < 4.78 is 12.4. The van der Waals surface area contributed by atoms with E-state index in [0.29, 0.717) is 23.9 Å². The first-order chi connectivity index (χ1) is 15.5. The van der Waals surface area contributed by atoms with Crippen molar-refractivity contribution < 1.29 is 19.4 Å². The second-order valence-electron chi connectivity index (χ2n) is 13.2. The fourth-order valence-corrected chi connectivity index (χ4v) is 9.26. The van der Waals surface area contributed by atoms with Gasteiger partial charge in [-0.2, -0.15) is 0 Å². The third-order valence-electron chi connectivity index (χ3n) is 10.8. The monoisotopic (exact) mass is 458 g/mol. The molecule has 5 aliphatic rings. The fraction of sp³-hybridized carbons (Fsp3) is 0.897. The Hall–Kier alpha value is -0.870.